The number of rotatable bonds is 11. The number of carboxylic acid groups (broad SMARTS) is 1. The van der Waals surface area contributed by atoms with Gasteiger partial charge >= 0.3 is 5.97 Å². The molecule has 1 atom stereocenters. The van der Waals surface area contributed by atoms with Gasteiger partial charge in [0.2, 0.25) is 15.9 Å². The van der Waals surface area contributed by atoms with Crippen LogP contribution in [0, 0.1) is 5.92 Å². The minimum Gasteiger partial charge on any atom is -0.481 e. The minimum absolute atomic E-state index is 0.0260. The topological polar surface area (TPSA) is 113 Å². The fourth-order valence-corrected chi connectivity index (χ4v) is 2.76. The van der Waals surface area contributed by atoms with Gasteiger partial charge in [-0.2, -0.15) is 0 Å². The van der Waals surface area contributed by atoms with E-state index in [1.165, 1.54) is 11.8 Å². The second kappa shape index (κ2) is 8.60. The first kappa shape index (κ1) is 19.9. The number of amides is 1. The highest BCUT2D eigenvalue weighted by Crippen LogP contribution is 2.27. The first-order valence-corrected chi connectivity index (χ1v) is 9.39. The Morgan fingerprint density at radius 2 is 1.91 bits per heavy atom. The molecule has 1 fully saturated rings. The molecule has 0 heterocycles. The Balaban J connectivity index is 2.47. The van der Waals surface area contributed by atoms with Crippen LogP contribution in [-0.4, -0.2) is 67.9 Å². The predicted molar refractivity (Wildman–Crippen MR) is 84.4 cm³/mol. The van der Waals surface area contributed by atoms with Crippen LogP contribution >= 0.6 is 0 Å². The first-order chi connectivity index (χ1) is 10.6. The van der Waals surface area contributed by atoms with Crippen LogP contribution < -0.4 is 4.72 Å². The summed E-state index contributed by atoms with van der Waals surface area (Å²) in [7, 11) is -3.59. The van der Waals surface area contributed by atoms with E-state index in [-0.39, 0.29) is 37.6 Å². The van der Waals surface area contributed by atoms with Crippen LogP contribution in [0.4, 0.5) is 0 Å². The van der Waals surface area contributed by atoms with E-state index in [2.05, 4.69) is 4.72 Å². The summed E-state index contributed by atoms with van der Waals surface area (Å²) in [5.41, 5.74) is 0. The van der Waals surface area contributed by atoms with Crippen LogP contribution in [0.3, 0.4) is 0 Å². The molecule has 0 bridgehead atoms. The molecule has 1 unspecified atom stereocenters. The molecule has 9 heteroatoms. The van der Waals surface area contributed by atoms with Gasteiger partial charge in [-0.15, -0.1) is 0 Å². The van der Waals surface area contributed by atoms with Crippen molar-refractivity contribution in [2.75, 3.05) is 25.4 Å². The third-order valence-electron chi connectivity index (χ3n) is 3.45. The monoisotopic (exact) mass is 350 g/mol. The molecule has 1 saturated carbocycles. The van der Waals surface area contributed by atoms with E-state index in [0.717, 1.165) is 12.8 Å². The van der Waals surface area contributed by atoms with Crippen LogP contribution in [0.1, 0.15) is 33.6 Å². The maximum Gasteiger partial charge on any atom is 0.308 e. The van der Waals surface area contributed by atoms with Gasteiger partial charge in [0.25, 0.3) is 0 Å². The van der Waals surface area contributed by atoms with Crippen LogP contribution in [0.25, 0.3) is 0 Å². The Morgan fingerprint density at radius 3 is 2.39 bits per heavy atom. The summed E-state index contributed by atoms with van der Waals surface area (Å²) >= 11 is 0. The van der Waals surface area contributed by atoms with Crippen molar-refractivity contribution in [2.24, 2.45) is 5.92 Å². The highest BCUT2D eigenvalue weighted by molar-refractivity contribution is 7.89. The van der Waals surface area contributed by atoms with Gasteiger partial charge in [0.15, 0.2) is 0 Å². The normalized spacial score (nSPS) is 16.3. The molecule has 8 nitrogen and oxygen atoms in total. The van der Waals surface area contributed by atoms with Crippen molar-refractivity contribution >= 4 is 21.9 Å². The van der Waals surface area contributed by atoms with Crippen LogP contribution in [-0.2, 0) is 24.3 Å². The summed E-state index contributed by atoms with van der Waals surface area (Å²) in [4.78, 5) is 24.6. The van der Waals surface area contributed by atoms with Crippen molar-refractivity contribution < 1.29 is 27.9 Å². The van der Waals surface area contributed by atoms with Crippen molar-refractivity contribution in [1.29, 1.82) is 0 Å². The zero-order valence-corrected chi connectivity index (χ0v) is 14.6. The van der Waals surface area contributed by atoms with E-state index >= 15 is 0 Å². The molecule has 0 spiro atoms. The van der Waals surface area contributed by atoms with Crippen molar-refractivity contribution in [3.8, 4) is 0 Å². The summed E-state index contributed by atoms with van der Waals surface area (Å²) < 4.78 is 31.0. The minimum atomic E-state index is -3.59. The zero-order valence-electron chi connectivity index (χ0n) is 13.8. The number of aliphatic carboxylic acids is 1. The molecule has 134 valence electrons. The third-order valence-corrected chi connectivity index (χ3v) is 4.73. The Hall–Kier alpha value is -1.19. The van der Waals surface area contributed by atoms with Gasteiger partial charge in [0.1, 0.15) is 0 Å². The lowest BCUT2D eigenvalue weighted by molar-refractivity contribution is -0.143. The highest BCUT2D eigenvalue weighted by Gasteiger charge is 2.34. The number of nitrogens with one attached hydrogen (secondary N) is 1. The van der Waals surface area contributed by atoms with Gasteiger partial charge < -0.3 is 14.7 Å². The molecular formula is C14H26N2O6S. The summed E-state index contributed by atoms with van der Waals surface area (Å²) in [6.45, 7) is 4.94. The molecule has 23 heavy (non-hydrogen) atoms. The maximum atomic E-state index is 12.2. The smallest absolute Gasteiger partial charge is 0.308 e. The SMILES string of the molecule is CC(C)OCCS(=O)(=O)NCC(=O)N(CC(C)C(=O)O)C1CC1. The van der Waals surface area contributed by atoms with Crippen LogP contribution in [0.5, 0.6) is 0 Å². The molecule has 1 aliphatic rings. The number of carbonyl (C=O) groups excluding carboxylic acids is 1. The van der Waals surface area contributed by atoms with E-state index in [1.807, 2.05) is 0 Å². The lowest BCUT2D eigenvalue weighted by Crippen LogP contribution is -2.44. The number of carboxylic acids is 1. The molecule has 0 aliphatic heterocycles. The Labute approximate surface area is 137 Å². The fourth-order valence-electron chi connectivity index (χ4n) is 1.95. The summed E-state index contributed by atoms with van der Waals surface area (Å²) in [5, 5.41) is 8.95. The van der Waals surface area contributed by atoms with E-state index in [1.54, 1.807) is 13.8 Å². The first-order valence-electron chi connectivity index (χ1n) is 7.73. The lowest BCUT2D eigenvalue weighted by Gasteiger charge is -2.24. The average Bonchev–Trinajstić information content (AvgIpc) is 3.25. The van der Waals surface area contributed by atoms with Crippen molar-refractivity contribution in [3.05, 3.63) is 0 Å². The molecule has 0 radical (unpaired) electrons. The molecule has 1 rings (SSSR count). The van der Waals surface area contributed by atoms with E-state index < -0.39 is 27.8 Å². The quantitative estimate of drug-likeness (QED) is 0.544. The third kappa shape index (κ3) is 7.76. The lowest BCUT2D eigenvalue weighted by atomic mass is 10.1. The molecular weight excluding hydrogens is 324 g/mol. The molecule has 2 N–H and O–H groups in total. The fraction of sp³-hybridized carbons (Fsp3) is 0.857. The van der Waals surface area contributed by atoms with E-state index in [9.17, 15) is 18.0 Å². The second-order valence-electron chi connectivity index (χ2n) is 6.08. The number of ether oxygens (including phenoxy) is 1. The standard InChI is InChI=1S/C14H26N2O6S/c1-10(2)22-6-7-23(20,21)15-8-13(17)16(12-4-5-12)9-11(3)14(18)19/h10-12,15H,4-9H2,1-3H3,(H,18,19). The number of hydrogen-bond donors (Lipinski definition) is 2. The number of sulfonamides is 1. The zero-order chi connectivity index (χ0) is 17.6. The number of nitrogens with zero attached hydrogens (tertiary/aromatic N) is 1. The van der Waals surface area contributed by atoms with Gasteiger partial charge in [0.05, 0.1) is 30.9 Å². The van der Waals surface area contributed by atoms with Crippen LogP contribution in [0.2, 0.25) is 0 Å². The summed E-state index contributed by atoms with van der Waals surface area (Å²) in [6.07, 6.45) is 1.59. The molecule has 0 saturated heterocycles. The molecule has 1 amide bonds. The average molecular weight is 350 g/mol. The van der Waals surface area contributed by atoms with Gasteiger partial charge in [-0.05, 0) is 26.7 Å². The van der Waals surface area contributed by atoms with Gasteiger partial charge in [-0.25, -0.2) is 13.1 Å². The Morgan fingerprint density at radius 1 is 1.30 bits per heavy atom. The van der Waals surface area contributed by atoms with E-state index in [0.29, 0.717) is 0 Å². The molecule has 0 aromatic rings. The van der Waals surface area contributed by atoms with Crippen molar-refractivity contribution in [1.82, 2.24) is 9.62 Å². The van der Waals surface area contributed by atoms with Crippen molar-refractivity contribution in [2.45, 2.75) is 45.8 Å². The van der Waals surface area contributed by atoms with Crippen molar-refractivity contribution in [3.63, 3.8) is 0 Å². The Kier molecular flexibility index (Phi) is 7.43. The largest absolute Gasteiger partial charge is 0.481 e. The predicted octanol–water partition coefficient (Wildman–Crippen LogP) is 0.0425. The highest BCUT2D eigenvalue weighted by atomic mass is 32.2. The molecule has 0 aromatic carbocycles. The van der Waals surface area contributed by atoms with Gasteiger partial charge in [-0.1, -0.05) is 6.92 Å². The molecule has 0 aromatic heterocycles. The summed E-state index contributed by atoms with van der Waals surface area (Å²) in [6, 6.07) is 0.0260. The number of hydrogen-bond acceptors (Lipinski definition) is 5. The van der Waals surface area contributed by atoms with E-state index in [4.69, 9.17) is 9.84 Å². The van der Waals surface area contributed by atoms with Crippen LogP contribution in [0.15, 0.2) is 0 Å². The maximum absolute atomic E-state index is 12.2. The summed E-state index contributed by atoms with van der Waals surface area (Å²) in [5.74, 6) is -2.27. The Bertz CT molecular complexity index is 515. The van der Waals surface area contributed by atoms with Gasteiger partial charge in [0, 0.05) is 12.6 Å². The number of carbonyl (C=O) groups is 2. The van der Waals surface area contributed by atoms with Gasteiger partial charge in [-0.3, -0.25) is 9.59 Å². The second-order valence-corrected chi connectivity index (χ2v) is 8.00. The molecule has 1 aliphatic carbocycles.